The highest BCUT2D eigenvalue weighted by Crippen LogP contribution is 2.62. The van der Waals surface area contributed by atoms with Crippen LogP contribution in [0.5, 0.6) is 0 Å². The first kappa shape index (κ1) is 26.3. The predicted octanol–water partition coefficient (Wildman–Crippen LogP) is 6.45. The third-order valence-corrected chi connectivity index (χ3v) is 8.16. The normalized spacial score (nSPS) is 13.6. The first-order valence-electron chi connectivity index (χ1n) is 12.0. The number of benzene rings is 3. The van der Waals surface area contributed by atoms with E-state index in [9.17, 15) is 9.67 Å². The van der Waals surface area contributed by atoms with Crippen LogP contribution in [0.4, 0.5) is 0 Å². The molecule has 1 N–H and O–H groups in total. The molecule has 0 saturated heterocycles. The molecule has 34 heavy (non-hydrogen) atoms. The van der Waals surface area contributed by atoms with E-state index >= 15 is 0 Å². The Labute approximate surface area is 203 Å². The van der Waals surface area contributed by atoms with E-state index in [1.54, 1.807) is 0 Å². The molecule has 182 valence electrons. The predicted molar refractivity (Wildman–Crippen MR) is 138 cm³/mol. The Bertz CT molecular complexity index is 949. The quantitative estimate of drug-likeness (QED) is 0.268. The summed E-state index contributed by atoms with van der Waals surface area (Å²) >= 11 is 0. The highest BCUT2D eigenvalue weighted by molar-refractivity contribution is 7.54. The molecular weight excluding hydrogens is 445 g/mol. The summed E-state index contributed by atoms with van der Waals surface area (Å²) in [7, 11) is -3.46. The molecule has 2 atom stereocenters. The van der Waals surface area contributed by atoms with Crippen LogP contribution in [0.25, 0.3) is 0 Å². The number of aliphatic hydroxyl groups excluding tert-OH is 1. The molecule has 0 aliphatic carbocycles. The summed E-state index contributed by atoms with van der Waals surface area (Å²) in [5.74, 6) is 0. The van der Waals surface area contributed by atoms with Gasteiger partial charge in [0.25, 0.3) is 0 Å². The summed E-state index contributed by atoms with van der Waals surface area (Å²) in [4.78, 5) is 2.23. The van der Waals surface area contributed by atoms with Gasteiger partial charge in [-0.15, -0.1) is 0 Å². The number of nitrogens with zero attached hydrogens (tertiary/aromatic N) is 1. The van der Waals surface area contributed by atoms with Gasteiger partial charge >= 0.3 is 7.60 Å². The zero-order chi connectivity index (χ0) is 24.2. The zero-order valence-corrected chi connectivity index (χ0v) is 21.0. The van der Waals surface area contributed by atoms with Gasteiger partial charge in [0.1, 0.15) is 0 Å². The molecule has 5 nitrogen and oxygen atoms in total. The minimum atomic E-state index is -3.46. The molecule has 0 amide bonds. The van der Waals surface area contributed by atoms with Crippen LogP contribution >= 0.6 is 7.60 Å². The van der Waals surface area contributed by atoms with Crippen LogP contribution in [0.15, 0.2) is 91.0 Å². The second-order valence-corrected chi connectivity index (χ2v) is 10.6. The second-order valence-electron chi connectivity index (χ2n) is 8.33. The van der Waals surface area contributed by atoms with Crippen molar-refractivity contribution in [3.05, 3.63) is 108 Å². The van der Waals surface area contributed by atoms with E-state index in [2.05, 4.69) is 29.2 Å². The summed E-state index contributed by atoms with van der Waals surface area (Å²) in [5, 5.41) is 11.2. The monoisotopic (exact) mass is 481 g/mol. The molecule has 3 rings (SSSR count). The van der Waals surface area contributed by atoms with E-state index in [1.807, 2.05) is 80.6 Å². The fourth-order valence-corrected chi connectivity index (χ4v) is 6.39. The number of hydrogen-bond donors (Lipinski definition) is 1. The Morgan fingerprint density at radius 1 is 0.765 bits per heavy atom. The van der Waals surface area contributed by atoms with Gasteiger partial charge < -0.3 is 14.2 Å². The second kappa shape index (κ2) is 13.6. The van der Waals surface area contributed by atoms with E-state index in [0.717, 1.165) is 5.56 Å². The lowest BCUT2D eigenvalue weighted by Gasteiger charge is -2.31. The van der Waals surface area contributed by atoms with Gasteiger partial charge in [0.2, 0.25) is 0 Å². The fraction of sp³-hybridized carbons (Fsp3) is 0.357. The molecule has 0 aromatic heterocycles. The first-order valence-corrected chi connectivity index (χ1v) is 13.6. The summed E-state index contributed by atoms with van der Waals surface area (Å²) in [6, 6.07) is 30.1. The molecule has 0 heterocycles. The molecule has 2 unspecified atom stereocenters. The lowest BCUT2D eigenvalue weighted by molar-refractivity contribution is 0.0925. The Hall–Kier alpha value is -2.27. The average Bonchev–Trinajstić information content (AvgIpc) is 2.84. The number of hydrogen-bond acceptors (Lipinski definition) is 5. The van der Waals surface area contributed by atoms with Crippen LogP contribution in [0.3, 0.4) is 0 Å². The lowest BCUT2D eigenvalue weighted by Crippen LogP contribution is -2.33. The minimum Gasteiger partial charge on any atom is -0.392 e. The smallest absolute Gasteiger partial charge is 0.338 e. The van der Waals surface area contributed by atoms with Gasteiger partial charge in [0.05, 0.1) is 25.0 Å². The molecule has 0 aliphatic heterocycles. The van der Waals surface area contributed by atoms with Gasteiger partial charge in [-0.2, -0.15) is 0 Å². The van der Waals surface area contributed by atoms with Crippen molar-refractivity contribution in [2.75, 3.05) is 19.8 Å². The molecule has 0 radical (unpaired) electrons. The molecule has 0 spiro atoms. The molecule has 0 fully saturated rings. The van der Waals surface area contributed by atoms with Gasteiger partial charge in [-0.1, -0.05) is 91.0 Å². The van der Waals surface area contributed by atoms with Gasteiger partial charge in [0, 0.05) is 19.6 Å². The Morgan fingerprint density at radius 3 is 1.65 bits per heavy atom. The number of rotatable bonds is 14. The Kier molecular flexibility index (Phi) is 10.5. The van der Waals surface area contributed by atoms with Crippen molar-refractivity contribution in [1.82, 2.24) is 4.90 Å². The number of aliphatic hydroxyl groups is 1. The van der Waals surface area contributed by atoms with E-state index in [4.69, 9.17) is 9.05 Å². The molecular formula is C28H36NO4P. The largest absolute Gasteiger partial charge is 0.392 e. The van der Waals surface area contributed by atoms with Crippen molar-refractivity contribution in [2.45, 2.75) is 45.1 Å². The van der Waals surface area contributed by atoms with Crippen molar-refractivity contribution in [3.63, 3.8) is 0 Å². The average molecular weight is 482 g/mol. The van der Waals surface area contributed by atoms with E-state index < -0.39 is 19.4 Å². The third-order valence-electron chi connectivity index (χ3n) is 5.65. The lowest BCUT2D eigenvalue weighted by atomic mass is 10.1. The van der Waals surface area contributed by atoms with Crippen LogP contribution in [-0.2, 0) is 26.7 Å². The maximum Gasteiger partial charge on any atom is 0.338 e. The summed E-state index contributed by atoms with van der Waals surface area (Å²) in [6.45, 7) is 6.03. The standard InChI is InChI=1S/C28H36NO4P/c1-3-32-34(31,33-4-2)28(26-18-12-7-13-19-26)20-27(30)23-29(21-24-14-8-5-9-15-24)22-25-16-10-6-11-17-25/h5-19,27-28,30H,3-4,20-23H2,1-2H3. The summed E-state index contributed by atoms with van der Waals surface area (Å²) in [5.41, 5.74) is 2.67. The van der Waals surface area contributed by atoms with Gasteiger partial charge in [-0.3, -0.25) is 9.46 Å². The molecule has 6 heteroatoms. The SMILES string of the molecule is CCOP(=O)(OCC)C(CC(O)CN(Cc1ccccc1)Cc1ccccc1)c1ccccc1. The van der Waals surface area contributed by atoms with Crippen LogP contribution in [0.2, 0.25) is 0 Å². The van der Waals surface area contributed by atoms with Crippen molar-refractivity contribution in [2.24, 2.45) is 0 Å². The van der Waals surface area contributed by atoms with Gasteiger partial charge in [0.15, 0.2) is 0 Å². The molecule has 3 aromatic carbocycles. The van der Waals surface area contributed by atoms with Crippen molar-refractivity contribution >= 4 is 7.60 Å². The zero-order valence-electron chi connectivity index (χ0n) is 20.1. The van der Waals surface area contributed by atoms with E-state index in [1.165, 1.54) is 11.1 Å². The van der Waals surface area contributed by atoms with Gasteiger partial charge in [-0.05, 0) is 37.0 Å². The maximum atomic E-state index is 13.7. The van der Waals surface area contributed by atoms with Crippen LogP contribution in [0, 0.1) is 0 Å². The van der Waals surface area contributed by atoms with Gasteiger partial charge in [-0.25, -0.2) is 0 Å². The topological polar surface area (TPSA) is 59.0 Å². The molecule has 0 aliphatic rings. The Morgan fingerprint density at radius 2 is 1.21 bits per heavy atom. The van der Waals surface area contributed by atoms with Crippen molar-refractivity contribution in [1.29, 1.82) is 0 Å². The minimum absolute atomic E-state index is 0.279. The summed E-state index contributed by atoms with van der Waals surface area (Å²) < 4.78 is 25.1. The van der Waals surface area contributed by atoms with Crippen molar-refractivity contribution in [3.8, 4) is 0 Å². The molecule has 3 aromatic rings. The van der Waals surface area contributed by atoms with Crippen LogP contribution < -0.4 is 0 Å². The highest BCUT2D eigenvalue weighted by Gasteiger charge is 2.38. The highest BCUT2D eigenvalue weighted by atomic mass is 31.2. The van der Waals surface area contributed by atoms with Crippen LogP contribution in [0.1, 0.15) is 42.6 Å². The molecule has 0 bridgehead atoms. The van der Waals surface area contributed by atoms with E-state index in [0.29, 0.717) is 19.6 Å². The maximum absolute atomic E-state index is 13.7. The fourth-order valence-electron chi connectivity index (χ4n) is 4.20. The molecule has 0 saturated carbocycles. The van der Waals surface area contributed by atoms with Crippen molar-refractivity contribution < 1.29 is 18.7 Å². The third kappa shape index (κ3) is 7.90. The first-order chi connectivity index (χ1) is 16.5. The van der Waals surface area contributed by atoms with E-state index in [-0.39, 0.29) is 19.6 Å². The van der Waals surface area contributed by atoms with Crippen LogP contribution in [-0.4, -0.2) is 35.9 Å². The Balaban J connectivity index is 1.81. The summed E-state index contributed by atoms with van der Waals surface area (Å²) in [6.07, 6.45) is -0.437.